The normalized spacial score (nSPS) is 13.1. The van der Waals surface area contributed by atoms with Crippen LogP contribution < -0.4 is 5.32 Å². The van der Waals surface area contributed by atoms with Crippen LogP contribution >= 0.6 is 0 Å². The molecule has 1 amide bonds. The van der Waals surface area contributed by atoms with Gasteiger partial charge in [0.05, 0.1) is 11.3 Å². The van der Waals surface area contributed by atoms with E-state index in [-0.39, 0.29) is 5.91 Å². The number of pyridine rings is 1. The number of carbonyl (C=O) groups excluding carboxylic acids is 1. The first-order chi connectivity index (χ1) is 13.8. The zero-order chi connectivity index (χ0) is 19.2. The molecule has 0 saturated carbocycles. The van der Waals surface area contributed by atoms with Crippen LogP contribution in [-0.2, 0) is 19.4 Å². The summed E-state index contributed by atoms with van der Waals surface area (Å²) in [6, 6.07) is 20.8. The first-order valence-electron chi connectivity index (χ1n) is 9.88. The van der Waals surface area contributed by atoms with Gasteiger partial charge in [-0.25, -0.2) is 0 Å². The third-order valence-corrected chi connectivity index (χ3v) is 5.22. The zero-order valence-electron chi connectivity index (χ0n) is 16.0. The molecule has 0 unspecified atom stereocenters. The summed E-state index contributed by atoms with van der Waals surface area (Å²) in [5.41, 5.74) is 5.48. The summed E-state index contributed by atoms with van der Waals surface area (Å²) in [6.45, 7) is 2.28. The van der Waals surface area contributed by atoms with Gasteiger partial charge < -0.3 is 10.2 Å². The van der Waals surface area contributed by atoms with Crippen molar-refractivity contribution >= 4 is 11.6 Å². The van der Waals surface area contributed by atoms with E-state index in [0.717, 1.165) is 38.0 Å². The van der Waals surface area contributed by atoms with Crippen molar-refractivity contribution in [3.63, 3.8) is 0 Å². The lowest BCUT2D eigenvalue weighted by atomic mass is 9.99. The number of carbonyl (C=O) groups is 1. The summed E-state index contributed by atoms with van der Waals surface area (Å²) >= 11 is 0. The summed E-state index contributed by atoms with van der Waals surface area (Å²) in [6.07, 6.45) is 6.42. The van der Waals surface area contributed by atoms with E-state index in [1.807, 2.05) is 23.1 Å². The summed E-state index contributed by atoms with van der Waals surface area (Å²) in [7, 11) is 0. The van der Waals surface area contributed by atoms with Gasteiger partial charge in [-0.05, 0) is 42.0 Å². The quantitative estimate of drug-likeness (QED) is 0.656. The number of rotatable bonds is 6. The van der Waals surface area contributed by atoms with Gasteiger partial charge in [-0.15, -0.1) is 0 Å². The van der Waals surface area contributed by atoms with Gasteiger partial charge in [0, 0.05) is 32.0 Å². The van der Waals surface area contributed by atoms with Gasteiger partial charge in [0.2, 0.25) is 0 Å². The first kappa shape index (κ1) is 18.2. The van der Waals surface area contributed by atoms with Crippen LogP contribution in [0.25, 0.3) is 0 Å². The monoisotopic (exact) mass is 371 g/mol. The van der Waals surface area contributed by atoms with Crippen LogP contribution in [0.15, 0.2) is 73.1 Å². The Bertz CT molecular complexity index is 939. The summed E-state index contributed by atoms with van der Waals surface area (Å²) in [4.78, 5) is 19.1. The molecule has 28 heavy (non-hydrogen) atoms. The Morgan fingerprint density at radius 1 is 1.00 bits per heavy atom. The molecule has 1 aliphatic rings. The molecule has 1 aliphatic heterocycles. The number of fused-ring (bicyclic) bond motifs is 1. The molecule has 0 spiro atoms. The second-order valence-corrected chi connectivity index (χ2v) is 7.22. The van der Waals surface area contributed by atoms with E-state index in [1.54, 1.807) is 12.4 Å². The van der Waals surface area contributed by atoms with Crippen molar-refractivity contribution in [3.05, 3.63) is 95.3 Å². The average Bonchev–Trinajstić information content (AvgIpc) is 2.77. The number of aromatic nitrogens is 1. The van der Waals surface area contributed by atoms with Crippen LogP contribution in [0, 0.1) is 0 Å². The van der Waals surface area contributed by atoms with Crippen molar-refractivity contribution < 1.29 is 4.79 Å². The molecule has 142 valence electrons. The average molecular weight is 371 g/mol. The maximum absolute atomic E-state index is 12.9. The summed E-state index contributed by atoms with van der Waals surface area (Å²) in [5, 5.41) is 3.40. The van der Waals surface area contributed by atoms with Gasteiger partial charge in [0.15, 0.2) is 0 Å². The highest BCUT2D eigenvalue weighted by Crippen LogP contribution is 2.21. The molecule has 2 aromatic carbocycles. The van der Waals surface area contributed by atoms with E-state index in [9.17, 15) is 4.79 Å². The number of nitrogens with zero attached hydrogens (tertiary/aromatic N) is 2. The Morgan fingerprint density at radius 3 is 2.64 bits per heavy atom. The number of anilines is 1. The van der Waals surface area contributed by atoms with Gasteiger partial charge in [-0.2, -0.15) is 0 Å². The van der Waals surface area contributed by atoms with Crippen molar-refractivity contribution in [1.29, 1.82) is 0 Å². The van der Waals surface area contributed by atoms with E-state index in [0.29, 0.717) is 12.1 Å². The Hall–Kier alpha value is -3.14. The molecule has 4 nitrogen and oxygen atoms in total. The van der Waals surface area contributed by atoms with Crippen LogP contribution in [0.4, 0.5) is 5.69 Å². The fourth-order valence-corrected chi connectivity index (χ4v) is 3.68. The Labute approximate surface area is 166 Å². The summed E-state index contributed by atoms with van der Waals surface area (Å²) < 4.78 is 0. The number of nitrogens with one attached hydrogen (secondary N) is 1. The largest absolute Gasteiger partial charge is 0.384 e. The second kappa shape index (κ2) is 8.70. The SMILES string of the molecule is O=C(c1cncc(NCCCc2ccccc2)c1)N1CCc2ccccc2C1. The Kier molecular flexibility index (Phi) is 5.66. The van der Waals surface area contributed by atoms with Crippen LogP contribution in [0.2, 0.25) is 0 Å². The van der Waals surface area contributed by atoms with Gasteiger partial charge in [-0.1, -0.05) is 54.6 Å². The van der Waals surface area contributed by atoms with Crippen LogP contribution in [-0.4, -0.2) is 28.9 Å². The molecule has 1 aromatic heterocycles. The van der Waals surface area contributed by atoms with E-state index in [4.69, 9.17) is 0 Å². The highest BCUT2D eigenvalue weighted by atomic mass is 16.2. The van der Waals surface area contributed by atoms with Crippen molar-refractivity contribution in [1.82, 2.24) is 9.88 Å². The van der Waals surface area contributed by atoms with E-state index < -0.39 is 0 Å². The topological polar surface area (TPSA) is 45.2 Å². The maximum atomic E-state index is 12.9. The Morgan fingerprint density at radius 2 is 1.79 bits per heavy atom. The second-order valence-electron chi connectivity index (χ2n) is 7.22. The highest BCUT2D eigenvalue weighted by molar-refractivity contribution is 5.94. The molecule has 4 heteroatoms. The summed E-state index contributed by atoms with van der Waals surface area (Å²) in [5.74, 6) is 0.0509. The lowest BCUT2D eigenvalue weighted by molar-refractivity contribution is 0.0734. The molecule has 0 atom stereocenters. The molecule has 4 rings (SSSR count). The lowest BCUT2D eigenvalue weighted by Gasteiger charge is -2.29. The highest BCUT2D eigenvalue weighted by Gasteiger charge is 2.21. The molecule has 0 aliphatic carbocycles. The lowest BCUT2D eigenvalue weighted by Crippen LogP contribution is -2.36. The molecule has 0 bridgehead atoms. The third-order valence-electron chi connectivity index (χ3n) is 5.22. The molecule has 2 heterocycles. The van der Waals surface area contributed by atoms with Crippen molar-refractivity contribution in [2.75, 3.05) is 18.4 Å². The number of amides is 1. The minimum absolute atomic E-state index is 0.0509. The molecular weight excluding hydrogens is 346 g/mol. The van der Waals surface area contributed by atoms with Crippen molar-refractivity contribution in [2.24, 2.45) is 0 Å². The van der Waals surface area contributed by atoms with Gasteiger partial charge in [-0.3, -0.25) is 9.78 Å². The minimum atomic E-state index is 0.0509. The van der Waals surface area contributed by atoms with Crippen LogP contribution in [0.3, 0.4) is 0 Å². The molecule has 1 N–H and O–H groups in total. The van der Waals surface area contributed by atoms with Gasteiger partial charge in [0.1, 0.15) is 0 Å². The smallest absolute Gasteiger partial charge is 0.255 e. The fraction of sp³-hybridized carbons (Fsp3) is 0.250. The van der Waals surface area contributed by atoms with Crippen LogP contribution in [0.5, 0.6) is 0 Å². The fourth-order valence-electron chi connectivity index (χ4n) is 3.68. The first-order valence-corrected chi connectivity index (χ1v) is 9.88. The molecule has 0 radical (unpaired) electrons. The maximum Gasteiger partial charge on any atom is 0.255 e. The minimum Gasteiger partial charge on any atom is -0.384 e. The predicted molar refractivity (Wildman–Crippen MR) is 112 cm³/mol. The number of aryl methyl sites for hydroxylation is 1. The number of hydrogen-bond donors (Lipinski definition) is 1. The number of hydrogen-bond acceptors (Lipinski definition) is 3. The molecule has 3 aromatic rings. The number of benzene rings is 2. The van der Waals surface area contributed by atoms with Gasteiger partial charge >= 0.3 is 0 Å². The standard InChI is InChI=1S/C24H25N3O/c28-24(27-14-12-20-10-4-5-11-21(20)18-27)22-15-23(17-25-16-22)26-13-6-9-19-7-2-1-3-8-19/h1-5,7-8,10-11,15-17,26H,6,9,12-14,18H2. The third kappa shape index (κ3) is 4.39. The predicted octanol–water partition coefficient (Wildman–Crippen LogP) is 4.32. The molecule has 0 saturated heterocycles. The van der Waals surface area contributed by atoms with E-state index >= 15 is 0 Å². The molecule has 0 fully saturated rings. The van der Waals surface area contributed by atoms with Crippen molar-refractivity contribution in [3.8, 4) is 0 Å². The Balaban J connectivity index is 1.34. The van der Waals surface area contributed by atoms with E-state index in [1.165, 1.54) is 16.7 Å². The molecular formula is C24H25N3O. The van der Waals surface area contributed by atoms with Gasteiger partial charge in [0.25, 0.3) is 5.91 Å². The zero-order valence-corrected chi connectivity index (χ0v) is 16.0. The van der Waals surface area contributed by atoms with Crippen molar-refractivity contribution in [2.45, 2.75) is 25.8 Å². The van der Waals surface area contributed by atoms with Crippen LogP contribution in [0.1, 0.15) is 33.5 Å². The van der Waals surface area contributed by atoms with E-state index in [2.05, 4.69) is 52.8 Å².